The molecule has 124 valence electrons. The van der Waals surface area contributed by atoms with E-state index in [9.17, 15) is 14.3 Å². The highest BCUT2D eigenvalue weighted by Gasteiger charge is 2.21. The number of aromatic nitrogens is 1. The lowest BCUT2D eigenvalue weighted by molar-refractivity contribution is 0.483. The van der Waals surface area contributed by atoms with Crippen molar-refractivity contribution in [3.63, 3.8) is 0 Å². The first-order chi connectivity index (χ1) is 12.1. The molecule has 2 aromatic carbocycles. The van der Waals surface area contributed by atoms with E-state index in [4.69, 9.17) is 11.6 Å². The molecule has 2 N–H and O–H groups in total. The molecule has 0 aliphatic heterocycles. The predicted octanol–water partition coefficient (Wildman–Crippen LogP) is 5.42. The molecular weight excluding hydrogens is 361 g/mol. The lowest BCUT2D eigenvalue weighted by Gasteiger charge is -2.07. The first kappa shape index (κ1) is 15.9. The number of aromatic hydroxyl groups is 1. The van der Waals surface area contributed by atoms with Gasteiger partial charge in [0.25, 0.3) is 5.56 Å². The van der Waals surface area contributed by atoms with Gasteiger partial charge in [-0.15, -0.1) is 11.3 Å². The minimum Gasteiger partial charge on any atom is -0.506 e. The molecule has 4 rings (SSSR count). The van der Waals surface area contributed by atoms with Gasteiger partial charge in [0.05, 0.1) is 10.9 Å². The van der Waals surface area contributed by atoms with Crippen molar-refractivity contribution in [3.05, 3.63) is 75.1 Å². The summed E-state index contributed by atoms with van der Waals surface area (Å²) in [4.78, 5) is 15.7. The quantitative estimate of drug-likeness (QED) is 0.494. The Morgan fingerprint density at radius 1 is 0.960 bits per heavy atom. The van der Waals surface area contributed by atoms with E-state index in [0.29, 0.717) is 31.2 Å². The van der Waals surface area contributed by atoms with Gasteiger partial charge in [-0.05, 0) is 23.3 Å². The van der Waals surface area contributed by atoms with Crippen LogP contribution in [0, 0.1) is 5.82 Å². The van der Waals surface area contributed by atoms with E-state index in [1.807, 2.05) is 6.07 Å². The summed E-state index contributed by atoms with van der Waals surface area (Å²) in [7, 11) is 0. The molecule has 2 aromatic heterocycles. The molecule has 25 heavy (non-hydrogen) atoms. The lowest BCUT2D eigenvalue weighted by atomic mass is 10.0. The number of hydrogen-bond acceptors (Lipinski definition) is 3. The summed E-state index contributed by atoms with van der Waals surface area (Å²) in [6.07, 6.45) is 0. The van der Waals surface area contributed by atoms with Gasteiger partial charge in [-0.25, -0.2) is 4.39 Å². The fourth-order valence-electron chi connectivity index (χ4n) is 2.86. The summed E-state index contributed by atoms with van der Waals surface area (Å²) >= 11 is 7.52. The summed E-state index contributed by atoms with van der Waals surface area (Å²) < 4.78 is 13.6. The fourth-order valence-corrected chi connectivity index (χ4v) is 4.24. The molecule has 0 bridgehead atoms. The van der Waals surface area contributed by atoms with E-state index in [0.717, 1.165) is 0 Å². The summed E-state index contributed by atoms with van der Waals surface area (Å²) in [6.45, 7) is 0. The molecule has 0 spiro atoms. The summed E-state index contributed by atoms with van der Waals surface area (Å²) in [6, 6.07) is 14.8. The summed E-state index contributed by atoms with van der Waals surface area (Å²) in [5, 5.41) is 11.3. The largest absolute Gasteiger partial charge is 0.506 e. The van der Waals surface area contributed by atoms with Gasteiger partial charge in [0, 0.05) is 5.56 Å². The first-order valence-electron chi connectivity index (χ1n) is 7.45. The molecule has 0 aliphatic carbocycles. The van der Waals surface area contributed by atoms with E-state index in [2.05, 4.69) is 4.98 Å². The number of nitrogens with one attached hydrogen (secondary N) is 1. The van der Waals surface area contributed by atoms with Crippen molar-refractivity contribution in [3.8, 4) is 28.0 Å². The maximum atomic E-state index is 13.2. The molecule has 4 aromatic rings. The Hall–Kier alpha value is -2.63. The van der Waals surface area contributed by atoms with Gasteiger partial charge in [0.2, 0.25) is 0 Å². The number of halogens is 2. The molecule has 3 nitrogen and oxygen atoms in total. The second-order valence-corrected chi connectivity index (χ2v) is 7.13. The highest BCUT2D eigenvalue weighted by molar-refractivity contribution is 7.23. The van der Waals surface area contributed by atoms with Crippen LogP contribution >= 0.6 is 22.9 Å². The van der Waals surface area contributed by atoms with E-state index >= 15 is 0 Å². The van der Waals surface area contributed by atoms with Crippen molar-refractivity contribution in [1.82, 2.24) is 4.98 Å². The molecule has 2 heterocycles. The van der Waals surface area contributed by atoms with Crippen LogP contribution in [0.4, 0.5) is 4.39 Å². The van der Waals surface area contributed by atoms with Crippen molar-refractivity contribution in [2.75, 3.05) is 0 Å². The number of benzene rings is 2. The van der Waals surface area contributed by atoms with E-state index in [-0.39, 0.29) is 22.7 Å². The second-order valence-electron chi connectivity index (χ2n) is 5.51. The van der Waals surface area contributed by atoms with Gasteiger partial charge < -0.3 is 10.1 Å². The van der Waals surface area contributed by atoms with Gasteiger partial charge in [-0.1, -0.05) is 54.1 Å². The lowest BCUT2D eigenvalue weighted by Crippen LogP contribution is -2.08. The minimum atomic E-state index is -0.389. The third kappa shape index (κ3) is 2.62. The molecule has 0 unspecified atom stereocenters. The number of rotatable bonds is 2. The number of hydrogen-bond donors (Lipinski definition) is 2. The Labute approximate surface area is 151 Å². The monoisotopic (exact) mass is 371 g/mol. The van der Waals surface area contributed by atoms with Gasteiger partial charge in [-0.2, -0.15) is 0 Å². The molecule has 0 atom stereocenters. The number of H-pyrrole nitrogens is 1. The van der Waals surface area contributed by atoms with Gasteiger partial charge >= 0.3 is 0 Å². The topological polar surface area (TPSA) is 53.1 Å². The Balaban J connectivity index is 2.07. The fraction of sp³-hybridized carbons (Fsp3) is 0. The Morgan fingerprint density at radius 3 is 2.28 bits per heavy atom. The number of thiophene rings is 1. The summed E-state index contributed by atoms with van der Waals surface area (Å²) in [5.41, 5.74) is 1.65. The second kappa shape index (κ2) is 6.02. The van der Waals surface area contributed by atoms with Crippen LogP contribution in [0.1, 0.15) is 0 Å². The average Bonchev–Trinajstić information content (AvgIpc) is 2.93. The standard InChI is InChI=1S/C19H11ClFNO2S/c20-17-13(11-6-8-12(21)9-7-11)15-16(23)14(10-4-2-1-3-5-10)18(24)22-19(15)25-17/h1-9H,(H2,22,23,24). The molecule has 0 saturated carbocycles. The third-order valence-corrected chi connectivity index (χ3v) is 5.30. The van der Waals surface area contributed by atoms with E-state index in [1.54, 1.807) is 36.4 Å². The zero-order chi connectivity index (χ0) is 17.6. The molecule has 0 saturated heterocycles. The molecule has 0 amide bonds. The van der Waals surface area contributed by atoms with Crippen LogP contribution in [0.3, 0.4) is 0 Å². The van der Waals surface area contributed by atoms with Gasteiger partial charge in [-0.3, -0.25) is 4.79 Å². The predicted molar refractivity (Wildman–Crippen MR) is 100.0 cm³/mol. The van der Waals surface area contributed by atoms with Gasteiger partial charge in [0.15, 0.2) is 0 Å². The molecular formula is C19H11ClFNO2S. The van der Waals surface area contributed by atoms with Crippen molar-refractivity contribution in [2.45, 2.75) is 0 Å². The van der Waals surface area contributed by atoms with Crippen molar-refractivity contribution < 1.29 is 9.50 Å². The average molecular weight is 372 g/mol. The zero-order valence-corrected chi connectivity index (χ0v) is 14.3. The van der Waals surface area contributed by atoms with E-state index in [1.165, 1.54) is 23.5 Å². The first-order valence-corrected chi connectivity index (χ1v) is 8.64. The van der Waals surface area contributed by atoms with Gasteiger partial charge in [0.1, 0.15) is 20.7 Å². The maximum Gasteiger partial charge on any atom is 0.260 e. The van der Waals surface area contributed by atoms with Crippen LogP contribution in [0.15, 0.2) is 59.4 Å². The van der Waals surface area contributed by atoms with Crippen molar-refractivity contribution >= 4 is 33.2 Å². The maximum absolute atomic E-state index is 13.2. The van der Waals surface area contributed by atoms with Crippen molar-refractivity contribution in [1.29, 1.82) is 0 Å². The van der Waals surface area contributed by atoms with Crippen LogP contribution < -0.4 is 5.56 Å². The SMILES string of the molecule is O=c1[nH]c2sc(Cl)c(-c3ccc(F)cc3)c2c(O)c1-c1ccccc1. The van der Waals surface area contributed by atoms with Crippen LogP contribution in [-0.4, -0.2) is 10.1 Å². The zero-order valence-electron chi connectivity index (χ0n) is 12.7. The number of fused-ring (bicyclic) bond motifs is 1. The molecule has 0 radical (unpaired) electrons. The van der Waals surface area contributed by atoms with Crippen LogP contribution in [0.25, 0.3) is 32.5 Å². The Morgan fingerprint density at radius 2 is 1.60 bits per heavy atom. The molecule has 6 heteroatoms. The third-order valence-electron chi connectivity index (χ3n) is 3.99. The Kier molecular flexibility index (Phi) is 3.82. The smallest absolute Gasteiger partial charge is 0.260 e. The summed E-state index contributed by atoms with van der Waals surface area (Å²) in [5.74, 6) is -0.491. The minimum absolute atomic E-state index is 0.132. The normalized spacial score (nSPS) is 11.1. The van der Waals surface area contributed by atoms with Crippen molar-refractivity contribution in [2.24, 2.45) is 0 Å². The molecule has 0 fully saturated rings. The van der Waals surface area contributed by atoms with E-state index < -0.39 is 0 Å². The number of aromatic amines is 1. The van der Waals surface area contributed by atoms with Crippen LogP contribution in [-0.2, 0) is 0 Å². The highest BCUT2D eigenvalue weighted by atomic mass is 35.5. The number of pyridine rings is 1. The highest BCUT2D eigenvalue weighted by Crippen LogP contribution is 2.46. The van der Waals surface area contributed by atoms with Crippen LogP contribution in [0.5, 0.6) is 5.75 Å². The Bertz CT molecular complexity index is 1130. The molecule has 0 aliphatic rings. The van der Waals surface area contributed by atoms with Crippen LogP contribution in [0.2, 0.25) is 4.34 Å².